The van der Waals surface area contributed by atoms with Gasteiger partial charge in [-0.2, -0.15) is 0 Å². The Bertz CT molecular complexity index is 950. The molecule has 2 aromatic rings. The number of nitrogens with one attached hydrogen (secondary N) is 4. The molecule has 0 saturated carbocycles. The first-order valence-electron chi connectivity index (χ1n) is 11.1. The molecule has 0 fully saturated rings. The Morgan fingerprint density at radius 2 is 1.79 bits per heavy atom. The van der Waals surface area contributed by atoms with Crippen LogP contribution in [0.3, 0.4) is 0 Å². The Morgan fingerprint density at radius 3 is 2.38 bits per heavy atom. The van der Waals surface area contributed by atoms with Crippen LogP contribution in [0.15, 0.2) is 42.9 Å². The molecule has 0 saturated heterocycles. The fourth-order valence-corrected chi connectivity index (χ4v) is 3.26. The van der Waals surface area contributed by atoms with Crippen LogP contribution < -0.4 is 21.7 Å². The Morgan fingerprint density at radius 1 is 1.09 bits per heavy atom. The predicted molar refractivity (Wildman–Crippen MR) is 124 cm³/mol. The zero-order valence-corrected chi connectivity index (χ0v) is 19.3. The van der Waals surface area contributed by atoms with Crippen LogP contribution in [0.4, 0.5) is 0 Å². The van der Waals surface area contributed by atoms with Crippen molar-refractivity contribution in [1.29, 1.82) is 0 Å². The van der Waals surface area contributed by atoms with Gasteiger partial charge in [0.1, 0.15) is 12.1 Å². The van der Waals surface area contributed by atoms with Gasteiger partial charge in [-0.05, 0) is 17.9 Å². The lowest BCUT2D eigenvalue weighted by Crippen LogP contribution is -2.55. The van der Waals surface area contributed by atoms with E-state index in [1.54, 1.807) is 6.92 Å². The summed E-state index contributed by atoms with van der Waals surface area (Å²) in [6.07, 6.45) is 3.92. The molecule has 3 amide bonds. The summed E-state index contributed by atoms with van der Waals surface area (Å²) >= 11 is 0. The van der Waals surface area contributed by atoms with Crippen LogP contribution in [0.25, 0.3) is 0 Å². The molecule has 0 bridgehead atoms. The third-order valence-corrected chi connectivity index (χ3v) is 5.47. The average molecular weight is 473 g/mol. The molecule has 1 aromatic carbocycles. The maximum atomic E-state index is 12.8. The Labute approximate surface area is 197 Å². The molecule has 11 heteroatoms. The van der Waals surface area contributed by atoms with E-state index in [4.69, 9.17) is 5.73 Å². The second-order valence-electron chi connectivity index (χ2n) is 8.13. The number of nitrogens with zero attached hydrogens (tertiary/aromatic N) is 1. The van der Waals surface area contributed by atoms with E-state index < -0.39 is 48.4 Å². The van der Waals surface area contributed by atoms with Crippen LogP contribution >= 0.6 is 0 Å². The average Bonchev–Trinajstić information content (AvgIpc) is 3.33. The minimum atomic E-state index is -1.15. The topological polar surface area (TPSA) is 179 Å². The summed E-state index contributed by atoms with van der Waals surface area (Å²) in [4.78, 5) is 55.9. The Balaban J connectivity index is 1.99. The lowest BCUT2D eigenvalue weighted by Gasteiger charge is -2.22. The lowest BCUT2D eigenvalue weighted by molar-refractivity contribution is -0.143. The second kappa shape index (κ2) is 13.1. The normalized spacial score (nSPS) is 14.3. The van der Waals surface area contributed by atoms with Gasteiger partial charge in [0.25, 0.3) is 0 Å². The largest absolute Gasteiger partial charge is 0.480 e. The molecular formula is C23H32N6O5. The van der Waals surface area contributed by atoms with Crippen LogP contribution in [0.5, 0.6) is 0 Å². The highest BCUT2D eigenvalue weighted by Crippen LogP contribution is 2.08. The number of carboxylic acid groups (broad SMARTS) is 1. The molecule has 11 nitrogen and oxygen atoms in total. The van der Waals surface area contributed by atoms with E-state index in [1.165, 1.54) is 12.5 Å². The van der Waals surface area contributed by atoms with E-state index in [0.29, 0.717) is 18.5 Å². The molecule has 0 aliphatic heterocycles. The van der Waals surface area contributed by atoms with Gasteiger partial charge in [-0.25, -0.2) is 9.78 Å². The maximum Gasteiger partial charge on any atom is 0.326 e. The molecule has 184 valence electrons. The smallest absolute Gasteiger partial charge is 0.326 e. The summed E-state index contributed by atoms with van der Waals surface area (Å²) in [5, 5.41) is 16.8. The molecule has 0 radical (unpaired) electrons. The highest BCUT2D eigenvalue weighted by atomic mass is 16.4. The van der Waals surface area contributed by atoms with Crippen LogP contribution in [0.2, 0.25) is 0 Å². The maximum absolute atomic E-state index is 12.8. The molecular weight excluding hydrogens is 440 g/mol. The molecule has 0 spiro atoms. The van der Waals surface area contributed by atoms with Crippen molar-refractivity contribution in [2.75, 3.05) is 6.54 Å². The van der Waals surface area contributed by atoms with Gasteiger partial charge >= 0.3 is 5.97 Å². The SMILES string of the molecule is CCC(C)C(NC(=O)CNC(=O)C(Cc1cnc[nH]1)NC(=O)C(N)Cc1ccccc1)C(=O)O. The van der Waals surface area contributed by atoms with Crippen molar-refractivity contribution in [3.63, 3.8) is 0 Å². The molecule has 0 aliphatic rings. The van der Waals surface area contributed by atoms with Crippen molar-refractivity contribution in [1.82, 2.24) is 25.9 Å². The van der Waals surface area contributed by atoms with Crippen molar-refractivity contribution in [2.24, 2.45) is 11.7 Å². The number of hydrogen-bond donors (Lipinski definition) is 6. The number of H-pyrrole nitrogens is 1. The van der Waals surface area contributed by atoms with E-state index >= 15 is 0 Å². The highest BCUT2D eigenvalue weighted by Gasteiger charge is 2.27. The van der Waals surface area contributed by atoms with Gasteiger partial charge in [0.2, 0.25) is 17.7 Å². The fraction of sp³-hybridized carbons (Fsp3) is 0.435. The summed E-state index contributed by atoms with van der Waals surface area (Å²) in [6.45, 7) is 3.09. The number of imidazole rings is 1. The highest BCUT2D eigenvalue weighted by molar-refractivity contribution is 5.92. The quantitative estimate of drug-likeness (QED) is 0.232. The molecule has 0 aliphatic carbocycles. The molecule has 1 aromatic heterocycles. The van der Waals surface area contributed by atoms with Gasteiger partial charge in [0, 0.05) is 18.3 Å². The van der Waals surface area contributed by atoms with E-state index in [0.717, 1.165) is 5.56 Å². The number of aromatic nitrogens is 2. The number of aromatic amines is 1. The fourth-order valence-electron chi connectivity index (χ4n) is 3.26. The Hall–Kier alpha value is -3.73. The third kappa shape index (κ3) is 8.32. The first kappa shape index (κ1) is 26.5. The third-order valence-electron chi connectivity index (χ3n) is 5.47. The van der Waals surface area contributed by atoms with Crippen molar-refractivity contribution >= 4 is 23.7 Å². The van der Waals surface area contributed by atoms with Gasteiger partial charge in [0.15, 0.2) is 0 Å². The molecule has 4 unspecified atom stereocenters. The lowest BCUT2D eigenvalue weighted by atomic mass is 9.99. The van der Waals surface area contributed by atoms with Gasteiger partial charge in [-0.3, -0.25) is 14.4 Å². The van der Waals surface area contributed by atoms with Gasteiger partial charge < -0.3 is 31.8 Å². The van der Waals surface area contributed by atoms with E-state index in [1.807, 2.05) is 37.3 Å². The van der Waals surface area contributed by atoms with Crippen molar-refractivity contribution in [2.45, 2.75) is 51.2 Å². The van der Waals surface area contributed by atoms with Gasteiger partial charge in [0.05, 0.1) is 18.9 Å². The second-order valence-corrected chi connectivity index (χ2v) is 8.13. The number of hydrogen-bond acceptors (Lipinski definition) is 6. The minimum Gasteiger partial charge on any atom is -0.480 e. The summed E-state index contributed by atoms with van der Waals surface area (Å²) in [6, 6.07) is 6.28. The molecule has 1 heterocycles. The summed E-state index contributed by atoms with van der Waals surface area (Å²) < 4.78 is 0. The molecule has 2 rings (SSSR count). The van der Waals surface area contributed by atoms with Gasteiger partial charge in [-0.15, -0.1) is 0 Å². The molecule has 7 N–H and O–H groups in total. The number of aliphatic carboxylic acids is 1. The number of amides is 3. The zero-order chi connectivity index (χ0) is 25.1. The summed E-state index contributed by atoms with van der Waals surface area (Å²) in [7, 11) is 0. The molecule has 34 heavy (non-hydrogen) atoms. The van der Waals surface area contributed by atoms with E-state index in [-0.39, 0.29) is 12.3 Å². The number of carboxylic acids is 1. The van der Waals surface area contributed by atoms with Crippen molar-refractivity contribution in [3.05, 3.63) is 54.1 Å². The summed E-state index contributed by atoms with van der Waals surface area (Å²) in [5.41, 5.74) is 7.52. The number of nitrogens with two attached hydrogens (primary N) is 1. The van der Waals surface area contributed by atoms with Crippen LogP contribution in [0, 0.1) is 5.92 Å². The zero-order valence-electron chi connectivity index (χ0n) is 19.3. The minimum absolute atomic E-state index is 0.0991. The van der Waals surface area contributed by atoms with Crippen LogP contribution in [0.1, 0.15) is 31.5 Å². The molecule has 4 atom stereocenters. The van der Waals surface area contributed by atoms with Gasteiger partial charge in [-0.1, -0.05) is 50.6 Å². The predicted octanol–water partition coefficient (Wildman–Crippen LogP) is -0.261. The Kier molecular flexibility index (Phi) is 10.2. The first-order chi connectivity index (χ1) is 16.2. The van der Waals surface area contributed by atoms with Crippen molar-refractivity contribution < 1.29 is 24.3 Å². The monoisotopic (exact) mass is 472 g/mol. The van der Waals surface area contributed by atoms with Crippen LogP contribution in [-0.2, 0) is 32.0 Å². The van der Waals surface area contributed by atoms with Crippen molar-refractivity contribution in [3.8, 4) is 0 Å². The van der Waals surface area contributed by atoms with Crippen LogP contribution in [-0.4, -0.2) is 63.4 Å². The number of carbonyl (C=O) groups excluding carboxylic acids is 3. The number of rotatable bonds is 13. The van der Waals surface area contributed by atoms with E-state index in [9.17, 15) is 24.3 Å². The standard InChI is InChI=1S/C23H32N6O5/c1-3-14(2)20(23(33)34)29-19(30)12-26-22(32)18(10-16-11-25-13-27-16)28-21(31)17(24)9-15-7-5-4-6-8-15/h4-8,11,13-14,17-18,20H,3,9-10,12,24H2,1-2H3,(H,25,27)(H,26,32)(H,28,31)(H,29,30)(H,33,34). The summed E-state index contributed by atoms with van der Waals surface area (Å²) in [5.74, 6) is -3.20. The van der Waals surface area contributed by atoms with E-state index in [2.05, 4.69) is 25.9 Å². The number of benzene rings is 1. The first-order valence-corrected chi connectivity index (χ1v) is 11.1. The number of carbonyl (C=O) groups is 4.